The van der Waals surface area contributed by atoms with Crippen LogP contribution in [0.2, 0.25) is 0 Å². The summed E-state index contributed by atoms with van der Waals surface area (Å²) in [7, 11) is -2.14. The lowest BCUT2D eigenvalue weighted by Gasteiger charge is -2.18. The van der Waals surface area contributed by atoms with Gasteiger partial charge in [-0.05, 0) is 37.3 Å². The first kappa shape index (κ1) is 14.3. The van der Waals surface area contributed by atoms with Gasteiger partial charge in [0.15, 0.2) is 0 Å². The SMILES string of the molecule is Cc1c(N)cc(S(=O)(=O)N(C)CC2CC2C)cc1F. The van der Waals surface area contributed by atoms with Crippen molar-refractivity contribution >= 4 is 15.7 Å². The fourth-order valence-electron chi connectivity index (χ4n) is 2.08. The van der Waals surface area contributed by atoms with E-state index in [1.54, 1.807) is 0 Å². The highest BCUT2D eigenvalue weighted by Gasteiger charge is 2.36. The van der Waals surface area contributed by atoms with Gasteiger partial charge in [0.25, 0.3) is 0 Å². The monoisotopic (exact) mass is 286 g/mol. The standard InChI is InChI=1S/C13H19FN2O2S/c1-8-4-10(8)7-16(3)19(17,18)11-5-12(14)9(2)13(15)6-11/h5-6,8,10H,4,7,15H2,1-3H3. The van der Waals surface area contributed by atoms with Gasteiger partial charge in [-0.2, -0.15) is 0 Å². The highest BCUT2D eigenvalue weighted by atomic mass is 32.2. The Kier molecular flexibility index (Phi) is 3.57. The van der Waals surface area contributed by atoms with E-state index in [1.165, 1.54) is 24.3 Å². The number of nitrogens with zero attached hydrogens (tertiary/aromatic N) is 1. The Balaban J connectivity index is 2.28. The van der Waals surface area contributed by atoms with Gasteiger partial charge in [-0.1, -0.05) is 6.92 Å². The summed E-state index contributed by atoms with van der Waals surface area (Å²) in [5.41, 5.74) is 6.07. The van der Waals surface area contributed by atoms with Gasteiger partial charge in [0.1, 0.15) is 5.82 Å². The van der Waals surface area contributed by atoms with Gasteiger partial charge in [0, 0.05) is 24.8 Å². The van der Waals surface area contributed by atoms with E-state index in [2.05, 4.69) is 6.92 Å². The smallest absolute Gasteiger partial charge is 0.243 e. The van der Waals surface area contributed by atoms with Crippen LogP contribution in [0.25, 0.3) is 0 Å². The zero-order valence-electron chi connectivity index (χ0n) is 11.4. The molecule has 19 heavy (non-hydrogen) atoms. The van der Waals surface area contributed by atoms with E-state index in [0.29, 0.717) is 18.4 Å². The van der Waals surface area contributed by atoms with Crippen LogP contribution in [0, 0.1) is 24.6 Å². The van der Waals surface area contributed by atoms with Crippen molar-refractivity contribution in [3.63, 3.8) is 0 Å². The number of halogens is 1. The van der Waals surface area contributed by atoms with Crippen LogP contribution < -0.4 is 5.73 Å². The van der Waals surface area contributed by atoms with E-state index in [9.17, 15) is 12.8 Å². The zero-order chi connectivity index (χ0) is 14.4. The molecule has 0 aromatic heterocycles. The van der Waals surface area contributed by atoms with Crippen LogP contribution in [0.3, 0.4) is 0 Å². The second-order valence-electron chi connectivity index (χ2n) is 5.38. The lowest BCUT2D eigenvalue weighted by atomic mass is 10.2. The van der Waals surface area contributed by atoms with Gasteiger partial charge >= 0.3 is 0 Å². The van der Waals surface area contributed by atoms with Gasteiger partial charge in [0.05, 0.1) is 4.90 Å². The molecule has 1 aromatic carbocycles. The third kappa shape index (κ3) is 2.74. The molecule has 0 radical (unpaired) electrons. The van der Waals surface area contributed by atoms with E-state index in [4.69, 9.17) is 5.73 Å². The molecule has 2 N–H and O–H groups in total. The number of anilines is 1. The van der Waals surface area contributed by atoms with Crippen molar-refractivity contribution in [3.8, 4) is 0 Å². The Labute approximate surface area is 113 Å². The largest absolute Gasteiger partial charge is 0.398 e. The first-order valence-corrected chi connectivity index (χ1v) is 7.69. The zero-order valence-corrected chi connectivity index (χ0v) is 12.2. The van der Waals surface area contributed by atoms with Gasteiger partial charge < -0.3 is 5.73 Å². The van der Waals surface area contributed by atoms with Crippen LogP contribution >= 0.6 is 0 Å². The third-order valence-corrected chi connectivity index (χ3v) is 5.64. The minimum Gasteiger partial charge on any atom is -0.398 e. The summed E-state index contributed by atoms with van der Waals surface area (Å²) < 4.78 is 39.5. The summed E-state index contributed by atoms with van der Waals surface area (Å²) in [6.45, 7) is 4.09. The van der Waals surface area contributed by atoms with Crippen molar-refractivity contribution in [1.29, 1.82) is 0 Å². The average Bonchev–Trinajstić information content (AvgIpc) is 3.00. The lowest BCUT2D eigenvalue weighted by molar-refractivity contribution is 0.444. The predicted octanol–water partition coefficient (Wildman–Crippen LogP) is 1.99. The molecule has 0 spiro atoms. The quantitative estimate of drug-likeness (QED) is 0.861. The molecule has 0 bridgehead atoms. The highest BCUT2D eigenvalue weighted by molar-refractivity contribution is 7.89. The Morgan fingerprint density at radius 2 is 2.05 bits per heavy atom. The first-order valence-electron chi connectivity index (χ1n) is 6.25. The Bertz CT molecular complexity index is 578. The number of nitrogen functional groups attached to an aromatic ring is 1. The molecule has 2 atom stereocenters. The number of rotatable bonds is 4. The first-order chi connectivity index (χ1) is 8.73. The molecule has 2 rings (SSSR count). The molecular formula is C13H19FN2O2S. The second kappa shape index (κ2) is 4.76. The number of sulfonamides is 1. The van der Waals surface area contributed by atoms with Crippen molar-refractivity contribution in [2.45, 2.75) is 25.2 Å². The summed E-state index contributed by atoms with van der Waals surface area (Å²) in [4.78, 5) is -0.0797. The van der Waals surface area contributed by atoms with Crippen LogP contribution in [0.15, 0.2) is 17.0 Å². The number of benzene rings is 1. The number of nitrogens with two attached hydrogens (primary N) is 1. The van der Waals surface area contributed by atoms with Gasteiger partial charge in [-0.25, -0.2) is 17.1 Å². The molecule has 1 aliphatic carbocycles. The molecular weight excluding hydrogens is 267 g/mol. The molecule has 6 heteroatoms. The number of hydrogen-bond acceptors (Lipinski definition) is 3. The molecule has 4 nitrogen and oxygen atoms in total. The summed E-state index contributed by atoms with van der Waals surface area (Å²) in [6.07, 6.45) is 1.05. The fraction of sp³-hybridized carbons (Fsp3) is 0.538. The Morgan fingerprint density at radius 1 is 1.47 bits per heavy atom. The van der Waals surface area contributed by atoms with E-state index < -0.39 is 15.8 Å². The molecule has 0 aliphatic heterocycles. The van der Waals surface area contributed by atoms with Crippen LogP contribution in [0.1, 0.15) is 18.9 Å². The highest BCUT2D eigenvalue weighted by Crippen LogP contribution is 2.38. The predicted molar refractivity (Wildman–Crippen MR) is 72.6 cm³/mol. The molecule has 0 saturated heterocycles. The summed E-state index contributed by atoms with van der Waals surface area (Å²) in [5.74, 6) is 0.386. The van der Waals surface area contributed by atoms with E-state index in [1.807, 2.05) is 0 Å². The van der Waals surface area contributed by atoms with Gasteiger partial charge in [-0.15, -0.1) is 0 Å². The maximum atomic E-state index is 13.6. The van der Waals surface area contributed by atoms with E-state index in [0.717, 1.165) is 12.5 Å². The lowest BCUT2D eigenvalue weighted by Crippen LogP contribution is -2.29. The Morgan fingerprint density at radius 3 is 2.53 bits per heavy atom. The summed E-state index contributed by atoms with van der Waals surface area (Å²) in [5, 5.41) is 0. The van der Waals surface area contributed by atoms with Crippen LogP contribution in [-0.4, -0.2) is 26.3 Å². The molecule has 1 aliphatic rings. The van der Waals surface area contributed by atoms with Crippen molar-refractivity contribution in [1.82, 2.24) is 4.31 Å². The fourth-order valence-corrected chi connectivity index (χ4v) is 3.36. The molecule has 2 unspecified atom stereocenters. The van der Waals surface area contributed by atoms with Crippen LogP contribution in [0.4, 0.5) is 10.1 Å². The minimum atomic E-state index is -3.67. The molecule has 0 heterocycles. The topological polar surface area (TPSA) is 63.4 Å². The third-order valence-electron chi connectivity index (χ3n) is 3.83. The molecule has 1 aromatic rings. The van der Waals surface area contributed by atoms with Crippen LogP contribution in [-0.2, 0) is 10.0 Å². The summed E-state index contributed by atoms with van der Waals surface area (Å²) >= 11 is 0. The molecule has 1 fully saturated rings. The minimum absolute atomic E-state index is 0.0797. The second-order valence-corrected chi connectivity index (χ2v) is 7.42. The van der Waals surface area contributed by atoms with Gasteiger partial charge in [-0.3, -0.25) is 0 Å². The average molecular weight is 286 g/mol. The van der Waals surface area contributed by atoms with Crippen molar-refractivity contribution < 1.29 is 12.8 Å². The van der Waals surface area contributed by atoms with Gasteiger partial charge in [0.2, 0.25) is 10.0 Å². The molecule has 0 amide bonds. The van der Waals surface area contributed by atoms with Crippen molar-refractivity contribution in [3.05, 3.63) is 23.5 Å². The Hall–Kier alpha value is -1.14. The normalized spacial score (nSPS) is 22.8. The molecule has 1 saturated carbocycles. The van der Waals surface area contributed by atoms with Crippen LogP contribution in [0.5, 0.6) is 0 Å². The van der Waals surface area contributed by atoms with E-state index >= 15 is 0 Å². The number of hydrogen-bond donors (Lipinski definition) is 1. The van der Waals surface area contributed by atoms with Crippen molar-refractivity contribution in [2.75, 3.05) is 19.3 Å². The maximum Gasteiger partial charge on any atom is 0.243 e. The molecule has 106 valence electrons. The van der Waals surface area contributed by atoms with E-state index in [-0.39, 0.29) is 16.1 Å². The maximum absolute atomic E-state index is 13.6. The summed E-state index contributed by atoms with van der Waals surface area (Å²) in [6, 6.07) is 2.36. The van der Waals surface area contributed by atoms with Crippen molar-refractivity contribution in [2.24, 2.45) is 11.8 Å².